The average molecular weight is 201 g/mol. The van der Waals surface area contributed by atoms with Gasteiger partial charge in [0.05, 0.1) is 0 Å². The molecular weight excluding hydrogens is 177 g/mol. The Kier molecular flexibility index (Phi) is 4.36. The van der Waals surface area contributed by atoms with Crippen molar-refractivity contribution in [1.29, 1.82) is 0 Å². The largest absolute Gasteiger partial charge is 0.295 e. The Morgan fingerprint density at radius 3 is 2.29 bits per heavy atom. The van der Waals surface area contributed by atoms with Gasteiger partial charge in [-0.3, -0.25) is 4.90 Å². The minimum atomic E-state index is -0.178. The molecule has 1 aliphatic rings. The summed E-state index contributed by atoms with van der Waals surface area (Å²) < 4.78 is 12.8. The van der Waals surface area contributed by atoms with Gasteiger partial charge in [0.1, 0.15) is 6.67 Å². The first-order valence-corrected chi connectivity index (χ1v) is 5.88. The van der Waals surface area contributed by atoms with Gasteiger partial charge < -0.3 is 0 Å². The third-order valence-electron chi connectivity index (χ3n) is 3.57. The van der Waals surface area contributed by atoms with E-state index >= 15 is 0 Å². The predicted octanol–water partition coefficient (Wildman–Crippen LogP) is 3.10. The highest BCUT2D eigenvalue weighted by molar-refractivity contribution is 4.84. The molecule has 14 heavy (non-hydrogen) atoms. The molecule has 0 aromatic heterocycles. The van der Waals surface area contributed by atoms with E-state index < -0.39 is 0 Å². The molecule has 0 spiro atoms. The zero-order valence-electron chi connectivity index (χ0n) is 9.96. The van der Waals surface area contributed by atoms with Gasteiger partial charge in [-0.15, -0.1) is 0 Å². The lowest BCUT2D eigenvalue weighted by Crippen LogP contribution is -2.49. The van der Waals surface area contributed by atoms with Crippen LogP contribution in [-0.4, -0.2) is 30.2 Å². The molecule has 1 rings (SSSR count). The number of piperidine rings is 1. The second-order valence-corrected chi connectivity index (χ2v) is 5.18. The maximum Gasteiger partial charge on any atom is 0.105 e. The number of likely N-dealkylation sites (tertiary alicyclic amines) is 1. The molecule has 84 valence electrons. The van der Waals surface area contributed by atoms with E-state index in [0.717, 1.165) is 24.8 Å². The number of hydrogen-bond donors (Lipinski definition) is 0. The second kappa shape index (κ2) is 5.11. The van der Waals surface area contributed by atoms with Crippen molar-refractivity contribution >= 4 is 0 Å². The van der Waals surface area contributed by atoms with E-state index in [9.17, 15) is 4.39 Å². The minimum absolute atomic E-state index is 0.178. The van der Waals surface area contributed by atoms with Crippen LogP contribution in [0.15, 0.2) is 0 Å². The van der Waals surface area contributed by atoms with E-state index in [1.165, 1.54) is 6.42 Å². The molecular formula is C12H24FN. The van der Waals surface area contributed by atoms with E-state index in [2.05, 4.69) is 32.6 Å². The molecule has 0 aromatic rings. The van der Waals surface area contributed by atoms with Crippen LogP contribution in [0.2, 0.25) is 0 Å². The van der Waals surface area contributed by atoms with Crippen LogP contribution in [0.4, 0.5) is 4.39 Å². The van der Waals surface area contributed by atoms with Crippen molar-refractivity contribution in [3.63, 3.8) is 0 Å². The van der Waals surface area contributed by atoms with Gasteiger partial charge in [-0.05, 0) is 38.5 Å². The van der Waals surface area contributed by atoms with Gasteiger partial charge in [0.25, 0.3) is 0 Å². The third-order valence-corrected chi connectivity index (χ3v) is 3.57. The van der Waals surface area contributed by atoms with Gasteiger partial charge in [0.15, 0.2) is 0 Å². The topological polar surface area (TPSA) is 3.24 Å². The number of halogens is 1. The summed E-state index contributed by atoms with van der Waals surface area (Å²) in [6.07, 6.45) is 2.24. The van der Waals surface area contributed by atoms with Crippen LogP contribution < -0.4 is 0 Å². The predicted molar refractivity (Wildman–Crippen MR) is 59.2 cm³/mol. The van der Waals surface area contributed by atoms with E-state index in [-0.39, 0.29) is 12.7 Å². The molecule has 1 heterocycles. The SMILES string of the molecule is CC(C)C1CCC(CF)N(C(C)C)C1. The first kappa shape index (κ1) is 12.0. The molecule has 2 atom stereocenters. The molecule has 0 radical (unpaired) electrons. The Balaban J connectivity index is 2.57. The van der Waals surface area contributed by atoms with Crippen LogP contribution in [-0.2, 0) is 0 Å². The zero-order chi connectivity index (χ0) is 10.7. The van der Waals surface area contributed by atoms with Crippen LogP contribution in [0.5, 0.6) is 0 Å². The van der Waals surface area contributed by atoms with Crippen molar-refractivity contribution in [3.05, 3.63) is 0 Å². The fourth-order valence-corrected chi connectivity index (χ4v) is 2.43. The number of rotatable bonds is 3. The van der Waals surface area contributed by atoms with Gasteiger partial charge in [0, 0.05) is 18.6 Å². The Morgan fingerprint density at radius 2 is 1.86 bits per heavy atom. The van der Waals surface area contributed by atoms with Crippen LogP contribution in [0.3, 0.4) is 0 Å². The molecule has 2 unspecified atom stereocenters. The lowest BCUT2D eigenvalue weighted by molar-refractivity contribution is 0.0469. The van der Waals surface area contributed by atoms with Crippen molar-refractivity contribution in [1.82, 2.24) is 4.90 Å². The first-order valence-electron chi connectivity index (χ1n) is 5.88. The molecule has 0 saturated carbocycles. The van der Waals surface area contributed by atoms with Crippen LogP contribution >= 0.6 is 0 Å². The summed E-state index contributed by atoms with van der Waals surface area (Å²) in [5.74, 6) is 1.50. The normalized spacial score (nSPS) is 30.2. The van der Waals surface area contributed by atoms with Gasteiger partial charge in [-0.2, -0.15) is 0 Å². The van der Waals surface area contributed by atoms with Crippen LogP contribution in [0.1, 0.15) is 40.5 Å². The summed E-state index contributed by atoms with van der Waals surface area (Å²) >= 11 is 0. The molecule has 1 fully saturated rings. The summed E-state index contributed by atoms with van der Waals surface area (Å²) in [5, 5.41) is 0. The van der Waals surface area contributed by atoms with E-state index in [4.69, 9.17) is 0 Å². The minimum Gasteiger partial charge on any atom is -0.295 e. The lowest BCUT2D eigenvalue weighted by atomic mass is 9.84. The molecule has 0 aromatic carbocycles. The van der Waals surface area contributed by atoms with Gasteiger partial charge in [-0.1, -0.05) is 13.8 Å². The van der Waals surface area contributed by atoms with Gasteiger partial charge >= 0.3 is 0 Å². The Labute approximate surface area is 87.7 Å². The van der Waals surface area contributed by atoms with E-state index in [1.807, 2.05) is 0 Å². The third kappa shape index (κ3) is 2.69. The number of nitrogens with zero attached hydrogens (tertiary/aromatic N) is 1. The molecule has 0 amide bonds. The second-order valence-electron chi connectivity index (χ2n) is 5.18. The molecule has 1 aliphatic heterocycles. The van der Waals surface area contributed by atoms with E-state index in [0.29, 0.717) is 6.04 Å². The summed E-state index contributed by atoms with van der Waals surface area (Å²) in [4.78, 5) is 2.34. The van der Waals surface area contributed by atoms with E-state index in [1.54, 1.807) is 0 Å². The highest BCUT2D eigenvalue weighted by Gasteiger charge is 2.30. The quantitative estimate of drug-likeness (QED) is 0.678. The first-order chi connectivity index (χ1) is 6.56. The molecule has 1 saturated heterocycles. The van der Waals surface area contributed by atoms with Crippen molar-refractivity contribution in [2.24, 2.45) is 11.8 Å². The monoisotopic (exact) mass is 201 g/mol. The average Bonchev–Trinajstić information content (AvgIpc) is 2.16. The number of alkyl halides is 1. The molecule has 0 aliphatic carbocycles. The maximum atomic E-state index is 12.8. The Morgan fingerprint density at radius 1 is 1.21 bits per heavy atom. The molecule has 0 bridgehead atoms. The van der Waals surface area contributed by atoms with Crippen molar-refractivity contribution in [3.8, 4) is 0 Å². The van der Waals surface area contributed by atoms with Gasteiger partial charge in [-0.25, -0.2) is 4.39 Å². The maximum absolute atomic E-state index is 12.8. The summed E-state index contributed by atoms with van der Waals surface area (Å²) in [6.45, 7) is 9.81. The van der Waals surface area contributed by atoms with Crippen LogP contribution in [0.25, 0.3) is 0 Å². The highest BCUT2D eigenvalue weighted by Crippen LogP contribution is 2.28. The Hall–Kier alpha value is -0.110. The molecule has 1 nitrogen and oxygen atoms in total. The van der Waals surface area contributed by atoms with Crippen molar-refractivity contribution < 1.29 is 4.39 Å². The Bertz CT molecular complexity index is 168. The smallest absolute Gasteiger partial charge is 0.105 e. The molecule has 0 N–H and O–H groups in total. The fraction of sp³-hybridized carbons (Fsp3) is 1.00. The summed E-state index contributed by atoms with van der Waals surface area (Å²) in [5.41, 5.74) is 0. The summed E-state index contributed by atoms with van der Waals surface area (Å²) in [6, 6.07) is 0.669. The van der Waals surface area contributed by atoms with Crippen molar-refractivity contribution in [2.75, 3.05) is 13.2 Å². The van der Waals surface area contributed by atoms with Gasteiger partial charge in [0.2, 0.25) is 0 Å². The fourth-order valence-electron chi connectivity index (χ4n) is 2.43. The standard InChI is InChI=1S/C12H24FN/c1-9(2)11-5-6-12(7-13)14(8-11)10(3)4/h9-12H,5-8H2,1-4H3. The van der Waals surface area contributed by atoms with Crippen molar-refractivity contribution in [2.45, 2.75) is 52.6 Å². The highest BCUT2D eigenvalue weighted by atomic mass is 19.1. The molecule has 2 heteroatoms. The zero-order valence-corrected chi connectivity index (χ0v) is 9.96. The van der Waals surface area contributed by atoms with Crippen LogP contribution in [0, 0.1) is 11.8 Å². The number of hydrogen-bond acceptors (Lipinski definition) is 1. The lowest BCUT2D eigenvalue weighted by Gasteiger charge is -2.42. The summed E-state index contributed by atoms with van der Waals surface area (Å²) in [7, 11) is 0.